The molecule has 0 saturated heterocycles. The van der Waals surface area contributed by atoms with Crippen LogP contribution in [0.15, 0.2) is 23.1 Å². The maximum Gasteiger partial charge on any atom is 0.237 e. The van der Waals surface area contributed by atoms with E-state index in [1.54, 1.807) is 13.8 Å². The number of sulfone groups is 1. The molecule has 0 aromatic heterocycles. The van der Waals surface area contributed by atoms with Gasteiger partial charge in [0.25, 0.3) is 0 Å². The number of carbonyl (C=O) groups excluding carboxylic acids is 1. The van der Waals surface area contributed by atoms with Crippen molar-refractivity contribution in [2.75, 3.05) is 12.8 Å². The fourth-order valence-corrected chi connectivity index (χ4v) is 2.65. The Labute approximate surface area is 130 Å². The van der Waals surface area contributed by atoms with Gasteiger partial charge in [0.15, 0.2) is 9.84 Å². The average molecular weight is 326 g/mol. The van der Waals surface area contributed by atoms with Gasteiger partial charge in [-0.1, -0.05) is 12.0 Å². The Morgan fingerprint density at radius 3 is 2.55 bits per heavy atom. The van der Waals surface area contributed by atoms with E-state index in [1.165, 1.54) is 12.1 Å². The van der Waals surface area contributed by atoms with Gasteiger partial charge in [-0.3, -0.25) is 10.1 Å². The Morgan fingerprint density at radius 1 is 1.41 bits per heavy atom. The zero-order chi connectivity index (χ0) is 16.9. The molecule has 5 nitrogen and oxygen atoms in total. The summed E-state index contributed by atoms with van der Waals surface area (Å²) in [5, 5.41) is 5.53. The van der Waals surface area contributed by atoms with Crippen LogP contribution in [0.25, 0.3) is 0 Å². The van der Waals surface area contributed by atoms with Gasteiger partial charge in [-0.2, -0.15) is 0 Å². The minimum absolute atomic E-state index is 0.136. The molecule has 7 heteroatoms. The van der Waals surface area contributed by atoms with E-state index in [0.717, 1.165) is 12.3 Å². The second kappa shape index (κ2) is 7.38. The Morgan fingerprint density at radius 2 is 2.05 bits per heavy atom. The monoisotopic (exact) mass is 326 g/mol. The fraction of sp³-hybridized carbons (Fsp3) is 0.400. The van der Waals surface area contributed by atoms with Crippen molar-refractivity contribution in [2.45, 2.75) is 30.8 Å². The Bertz CT molecular complexity index is 695. The number of benzene rings is 1. The lowest BCUT2D eigenvalue weighted by molar-refractivity contribution is -0.122. The highest BCUT2D eigenvalue weighted by Gasteiger charge is 2.18. The molecule has 0 heterocycles. The maximum absolute atomic E-state index is 13.9. The van der Waals surface area contributed by atoms with Crippen molar-refractivity contribution in [3.8, 4) is 12.3 Å². The van der Waals surface area contributed by atoms with Crippen LogP contribution < -0.4 is 10.6 Å². The number of nitrogens with one attached hydrogen (secondary N) is 2. The van der Waals surface area contributed by atoms with E-state index < -0.39 is 21.7 Å². The first-order valence-electron chi connectivity index (χ1n) is 6.63. The summed E-state index contributed by atoms with van der Waals surface area (Å²) < 4.78 is 36.6. The molecule has 0 spiro atoms. The van der Waals surface area contributed by atoms with Gasteiger partial charge in [0.1, 0.15) is 10.7 Å². The predicted molar refractivity (Wildman–Crippen MR) is 82.4 cm³/mol. The zero-order valence-electron chi connectivity index (χ0n) is 12.7. The van der Waals surface area contributed by atoms with E-state index in [0.29, 0.717) is 5.56 Å². The normalized spacial score (nSPS) is 14.0. The van der Waals surface area contributed by atoms with Crippen LogP contribution in [-0.2, 0) is 14.6 Å². The van der Waals surface area contributed by atoms with E-state index in [2.05, 4.69) is 16.6 Å². The molecule has 2 N–H and O–H groups in total. The van der Waals surface area contributed by atoms with Crippen molar-refractivity contribution >= 4 is 15.7 Å². The highest BCUT2D eigenvalue weighted by atomic mass is 32.2. The lowest BCUT2D eigenvalue weighted by Crippen LogP contribution is -2.43. The van der Waals surface area contributed by atoms with Crippen LogP contribution in [-0.4, -0.2) is 33.2 Å². The molecule has 0 bridgehead atoms. The minimum Gasteiger partial charge on any atom is -0.344 e. The Hall–Kier alpha value is -1.91. The van der Waals surface area contributed by atoms with Crippen molar-refractivity contribution in [1.29, 1.82) is 0 Å². The average Bonchev–Trinajstić information content (AvgIpc) is 2.42. The first-order chi connectivity index (χ1) is 10.2. The van der Waals surface area contributed by atoms with Crippen LogP contribution in [0.3, 0.4) is 0 Å². The van der Waals surface area contributed by atoms with E-state index in [9.17, 15) is 17.6 Å². The third-order valence-electron chi connectivity index (χ3n) is 3.11. The lowest BCUT2D eigenvalue weighted by atomic mass is 10.1. The highest BCUT2D eigenvalue weighted by Crippen LogP contribution is 2.20. The van der Waals surface area contributed by atoms with Gasteiger partial charge < -0.3 is 5.32 Å². The molecular weight excluding hydrogens is 307 g/mol. The molecule has 0 aliphatic heterocycles. The molecule has 1 amide bonds. The first kappa shape index (κ1) is 18.1. The molecular formula is C15H19FN2O3S. The number of hydrogen-bond donors (Lipinski definition) is 2. The summed E-state index contributed by atoms with van der Waals surface area (Å²) in [6, 6.07) is 3.03. The summed E-state index contributed by atoms with van der Waals surface area (Å²) in [6.45, 7) is 3.54. The van der Waals surface area contributed by atoms with Gasteiger partial charge in [0, 0.05) is 12.3 Å². The number of terminal acetylenes is 1. The third kappa shape index (κ3) is 4.83. The summed E-state index contributed by atoms with van der Waals surface area (Å²) in [5.74, 6) is 1.23. The van der Waals surface area contributed by atoms with Gasteiger partial charge in [-0.05, 0) is 31.5 Å². The lowest BCUT2D eigenvalue weighted by Gasteiger charge is -2.20. The van der Waals surface area contributed by atoms with Crippen molar-refractivity contribution < 1.29 is 17.6 Å². The molecule has 0 fully saturated rings. The van der Waals surface area contributed by atoms with Crippen molar-refractivity contribution in [3.63, 3.8) is 0 Å². The number of amides is 1. The molecule has 0 radical (unpaired) electrons. The highest BCUT2D eigenvalue weighted by molar-refractivity contribution is 7.90. The van der Waals surface area contributed by atoms with Crippen LogP contribution in [0.2, 0.25) is 0 Å². The standard InChI is InChI=1S/C15H19FN2O3S/c1-5-8-17-15(19)11(3)18-10(2)12-6-7-14(13(16)9-12)22(4,20)21/h1,6-7,9-11,18H,8H2,2-4H3,(H,17,19). The van der Waals surface area contributed by atoms with Gasteiger partial charge in [-0.25, -0.2) is 12.8 Å². The van der Waals surface area contributed by atoms with Gasteiger partial charge in [-0.15, -0.1) is 6.42 Å². The van der Waals surface area contributed by atoms with Crippen molar-refractivity contribution in [2.24, 2.45) is 0 Å². The summed E-state index contributed by atoms with van der Waals surface area (Å²) in [5.41, 5.74) is 0.543. The summed E-state index contributed by atoms with van der Waals surface area (Å²) in [6.07, 6.45) is 6.01. The summed E-state index contributed by atoms with van der Waals surface area (Å²) in [7, 11) is -3.60. The third-order valence-corrected chi connectivity index (χ3v) is 4.24. The number of carbonyl (C=O) groups is 1. The van der Waals surface area contributed by atoms with Crippen LogP contribution in [0.5, 0.6) is 0 Å². The van der Waals surface area contributed by atoms with Crippen molar-refractivity contribution in [1.82, 2.24) is 10.6 Å². The molecule has 22 heavy (non-hydrogen) atoms. The molecule has 2 unspecified atom stereocenters. The van der Waals surface area contributed by atoms with E-state index in [-0.39, 0.29) is 23.4 Å². The second-order valence-corrected chi connectivity index (χ2v) is 6.98. The minimum atomic E-state index is -3.60. The van der Waals surface area contributed by atoms with E-state index in [1.807, 2.05) is 0 Å². The zero-order valence-corrected chi connectivity index (χ0v) is 13.5. The molecule has 2 atom stereocenters. The number of halogens is 1. The van der Waals surface area contributed by atoms with Gasteiger partial charge in [0.05, 0.1) is 12.6 Å². The topological polar surface area (TPSA) is 75.3 Å². The maximum atomic E-state index is 13.9. The fourth-order valence-electron chi connectivity index (χ4n) is 1.93. The van der Waals surface area contributed by atoms with E-state index >= 15 is 0 Å². The van der Waals surface area contributed by atoms with E-state index in [4.69, 9.17) is 6.42 Å². The summed E-state index contributed by atoms with van der Waals surface area (Å²) >= 11 is 0. The van der Waals surface area contributed by atoms with Gasteiger partial charge in [0.2, 0.25) is 5.91 Å². The second-order valence-electron chi connectivity index (χ2n) is 4.99. The molecule has 1 aromatic rings. The largest absolute Gasteiger partial charge is 0.344 e. The molecule has 0 saturated carbocycles. The van der Waals surface area contributed by atoms with Crippen LogP contribution in [0.1, 0.15) is 25.5 Å². The molecule has 0 aliphatic carbocycles. The Balaban J connectivity index is 2.83. The van der Waals surface area contributed by atoms with Crippen LogP contribution in [0.4, 0.5) is 4.39 Å². The number of hydrogen-bond acceptors (Lipinski definition) is 4. The first-order valence-corrected chi connectivity index (χ1v) is 8.52. The summed E-state index contributed by atoms with van der Waals surface area (Å²) in [4.78, 5) is 11.4. The molecule has 1 aromatic carbocycles. The smallest absolute Gasteiger partial charge is 0.237 e. The molecule has 0 aliphatic rings. The van der Waals surface area contributed by atoms with Crippen LogP contribution in [0, 0.1) is 18.2 Å². The molecule has 1 rings (SSSR count). The SMILES string of the molecule is C#CCNC(=O)C(C)NC(C)c1ccc(S(C)(=O)=O)c(F)c1. The quantitative estimate of drug-likeness (QED) is 0.765. The Kier molecular flexibility index (Phi) is 6.09. The predicted octanol–water partition coefficient (Wildman–Crippen LogP) is 1.02. The van der Waals surface area contributed by atoms with Crippen LogP contribution >= 0.6 is 0 Å². The number of rotatable bonds is 6. The van der Waals surface area contributed by atoms with Crippen molar-refractivity contribution in [3.05, 3.63) is 29.6 Å². The molecule has 120 valence electrons. The van der Waals surface area contributed by atoms with Gasteiger partial charge >= 0.3 is 0 Å².